The molecular weight excluding hydrogens is 366 g/mol. The number of nitrogens with one attached hydrogen (secondary N) is 1. The Bertz CT molecular complexity index is 956. The summed E-state index contributed by atoms with van der Waals surface area (Å²) in [4.78, 5) is 37.4. The molecule has 0 spiro atoms. The number of hydrogen-bond donors (Lipinski definition) is 1. The van der Waals surface area contributed by atoms with E-state index in [0.717, 1.165) is 5.56 Å². The second-order valence-electron chi connectivity index (χ2n) is 6.48. The summed E-state index contributed by atoms with van der Waals surface area (Å²) in [5.41, 5.74) is 1.78. The van der Waals surface area contributed by atoms with E-state index in [9.17, 15) is 14.4 Å². The number of amides is 1. The zero-order chi connectivity index (χ0) is 20.5. The normalized spacial score (nSPS) is 11.3. The van der Waals surface area contributed by atoms with E-state index in [0.29, 0.717) is 11.1 Å². The van der Waals surface area contributed by atoms with Crippen molar-refractivity contribution in [1.29, 1.82) is 0 Å². The SMILES string of the molecule is O=C(COC(=O)[C@H](Cc1ccccc1)NC(=O)c1ccccc1)c1ccccc1. The van der Waals surface area contributed by atoms with Crippen LogP contribution in [0.3, 0.4) is 0 Å². The molecule has 3 aromatic carbocycles. The molecule has 0 fully saturated rings. The Kier molecular flexibility index (Phi) is 6.90. The Morgan fingerprint density at radius 1 is 0.724 bits per heavy atom. The molecule has 0 aliphatic rings. The summed E-state index contributed by atoms with van der Waals surface area (Å²) in [6, 6.07) is 25.7. The molecule has 3 aromatic rings. The summed E-state index contributed by atoms with van der Waals surface area (Å²) in [7, 11) is 0. The van der Waals surface area contributed by atoms with E-state index < -0.39 is 12.0 Å². The van der Waals surface area contributed by atoms with Gasteiger partial charge in [0, 0.05) is 17.5 Å². The lowest BCUT2D eigenvalue weighted by Gasteiger charge is -2.18. The highest BCUT2D eigenvalue weighted by Crippen LogP contribution is 2.08. The summed E-state index contributed by atoms with van der Waals surface area (Å²) in [6.07, 6.45) is 0.262. The molecule has 1 amide bonds. The fraction of sp³-hybridized carbons (Fsp3) is 0.125. The first-order valence-electron chi connectivity index (χ1n) is 9.28. The van der Waals surface area contributed by atoms with Crippen molar-refractivity contribution in [3.63, 3.8) is 0 Å². The summed E-state index contributed by atoms with van der Waals surface area (Å²) in [5, 5.41) is 2.72. The van der Waals surface area contributed by atoms with E-state index in [2.05, 4.69) is 5.32 Å². The van der Waals surface area contributed by atoms with Crippen molar-refractivity contribution in [2.45, 2.75) is 12.5 Å². The van der Waals surface area contributed by atoms with Gasteiger partial charge in [-0.25, -0.2) is 4.79 Å². The molecule has 0 radical (unpaired) electrons. The minimum Gasteiger partial charge on any atom is -0.456 e. The number of rotatable bonds is 8. The first-order chi connectivity index (χ1) is 14.1. The lowest BCUT2D eigenvalue weighted by Crippen LogP contribution is -2.43. The van der Waals surface area contributed by atoms with Crippen molar-refractivity contribution < 1.29 is 19.1 Å². The third-order valence-corrected chi connectivity index (χ3v) is 4.35. The highest BCUT2D eigenvalue weighted by atomic mass is 16.5. The monoisotopic (exact) mass is 387 g/mol. The predicted octanol–water partition coefficient (Wildman–Crippen LogP) is 3.45. The standard InChI is InChI=1S/C24H21NO4/c26-22(19-12-6-2-7-13-19)17-29-24(28)21(16-18-10-4-1-5-11-18)25-23(27)20-14-8-3-9-15-20/h1-15,21H,16-17H2,(H,25,27)/t21-/m0/s1. The molecule has 0 saturated heterocycles. The molecule has 29 heavy (non-hydrogen) atoms. The molecule has 0 aromatic heterocycles. The summed E-state index contributed by atoms with van der Waals surface area (Å²) >= 11 is 0. The average Bonchev–Trinajstić information content (AvgIpc) is 2.78. The Morgan fingerprint density at radius 2 is 1.24 bits per heavy atom. The molecule has 1 N–H and O–H groups in total. The van der Waals surface area contributed by atoms with Gasteiger partial charge >= 0.3 is 5.97 Å². The van der Waals surface area contributed by atoms with Gasteiger partial charge in [-0.15, -0.1) is 0 Å². The van der Waals surface area contributed by atoms with E-state index >= 15 is 0 Å². The van der Waals surface area contributed by atoms with Gasteiger partial charge in [-0.05, 0) is 17.7 Å². The molecule has 0 heterocycles. The second-order valence-corrected chi connectivity index (χ2v) is 6.48. The topological polar surface area (TPSA) is 72.5 Å². The van der Waals surface area contributed by atoms with Crippen molar-refractivity contribution in [2.24, 2.45) is 0 Å². The van der Waals surface area contributed by atoms with Crippen LogP contribution in [0, 0.1) is 0 Å². The smallest absolute Gasteiger partial charge is 0.329 e. The summed E-state index contributed by atoms with van der Waals surface area (Å²) in [5.74, 6) is -1.33. The van der Waals surface area contributed by atoms with Crippen LogP contribution in [0.15, 0.2) is 91.0 Å². The van der Waals surface area contributed by atoms with Crippen LogP contribution in [0.1, 0.15) is 26.3 Å². The molecule has 3 rings (SSSR count). The van der Waals surface area contributed by atoms with Crippen molar-refractivity contribution in [2.75, 3.05) is 6.61 Å². The summed E-state index contributed by atoms with van der Waals surface area (Å²) in [6.45, 7) is -0.380. The Balaban J connectivity index is 1.68. The lowest BCUT2D eigenvalue weighted by molar-refractivity contribution is -0.144. The Labute approximate surface area is 169 Å². The van der Waals surface area contributed by atoms with Gasteiger partial charge in [0.05, 0.1) is 0 Å². The molecule has 5 nitrogen and oxygen atoms in total. The number of hydrogen-bond acceptors (Lipinski definition) is 4. The number of esters is 1. The zero-order valence-corrected chi connectivity index (χ0v) is 15.8. The molecule has 0 saturated carbocycles. The molecule has 0 aliphatic heterocycles. The van der Waals surface area contributed by atoms with Gasteiger partial charge in [-0.3, -0.25) is 9.59 Å². The van der Waals surface area contributed by atoms with Gasteiger partial charge < -0.3 is 10.1 Å². The number of Topliss-reactive ketones (excluding diaryl/α,β-unsaturated/α-hetero) is 1. The van der Waals surface area contributed by atoms with Crippen LogP contribution < -0.4 is 5.32 Å². The molecular formula is C24H21NO4. The first kappa shape index (κ1) is 20.0. The number of carbonyl (C=O) groups excluding carboxylic acids is 3. The van der Waals surface area contributed by atoms with Gasteiger partial charge in [0.2, 0.25) is 0 Å². The molecule has 0 unspecified atom stereocenters. The minimum atomic E-state index is -0.909. The molecule has 0 aliphatic carbocycles. The van der Waals surface area contributed by atoms with E-state index in [4.69, 9.17) is 4.74 Å². The highest BCUT2D eigenvalue weighted by Gasteiger charge is 2.24. The first-order valence-corrected chi connectivity index (χ1v) is 9.28. The number of carbonyl (C=O) groups is 3. The van der Waals surface area contributed by atoms with E-state index in [1.54, 1.807) is 54.6 Å². The maximum absolute atomic E-state index is 12.7. The van der Waals surface area contributed by atoms with Crippen LogP contribution in [0.25, 0.3) is 0 Å². The van der Waals surface area contributed by atoms with E-state index in [1.807, 2.05) is 36.4 Å². The van der Waals surface area contributed by atoms with Crippen LogP contribution in [0.4, 0.5) is 0 Å². The fourth-order valence-electron chi connectivity index (χ4n) is 2.82. The average molecular weight is 387 g/mol. The predicted molar refractivity (Wildman–Crippen MR) is 110 cm³/mol. The molecule has 0 bridgehead atoms. The molecule has 5 heteroatoms. The second kappa shape index (κ2) is 9.99. The summed E-state index contributed by atoms with van der Waals surface area (Å²) < 4.78 is 5.23. The van der Waals surface area contributed by atoms with E-state index in [-0.39, 0.29) is 24.7 Å². The van der Waals surface area contributed by atoms with Gasteiger partial charge in [-0.2, -0.15) is 0 Å². The molecule has 146 valence electrons. The van der Waals surface area contributed by atoms with Crippen LogP contribution in [-0.4, -0.2) is 30.3 Å². The minimum absolute atomic E-state index is 0.262. The van der Waals surface area contributed by atoms with Crippen molar-refractivity contribution in [1.82, 2.24) is 5.32 Å². The largest absolute Gasteiger partial charge is 0.456 e. The molecule has 1 atom stereocenters. The third-order valence-electron chi connectivity index (χ3n) is 4.35. The van der Waals surface area contributed by atoms with Crippen LogP contribution in [0.5, 0.6) is 0 Å². The fourth-order valence-corrected chi connectivity index (χ4v) is 2.82. The van der Waals surface area contributed by atoms with Crippen molar-refractivity contribution in [3.05, 3.63) is 108 Å². The number of ketones is 1. The van der Waals surface area contributed by atoms with Gasteiger partial charge in [0.15, 0.2) is 12.4 Å². The third kappa shape index (κ3) is 5.87. The maximum Gasteiger partial charge on any atom is 0.329 e. The van der Waals surface area contributed by atoms with E-state index in [1.165, 1.54) is 0 Å². The maximum atomic E-state index is 12.7. The van der Waals surface area contributed by atoms with Gasteiger partial charge in [0.1, 0.15) is 6.04 Å². The van der Waals surface area contributed by atoms with Crippen LogP contribution >= 0.6 is 0 Å². The van der Waals surface area contributed by atoms with Crippen molar-refractivity contribution in [3.8, 4) is 0 Å². The number of benzene rings is 3. The zero-order valence-electron chi connectivity index (χ0n) is 15.8. The van der Waals surface area contributed by atoms with Crippen LogP contribution in [0.2, 0.25) is 0 Å². The highest BCUT2D eigenvalue weighted by molar-refractivity contribution is 5.99. The quantitative estimate of drug-likeness (QED) is 0.475. The Morgan fingerprint density at radius 3 is 1.83 bits per heavy atom. The lowest BCUT2D eigenvalue weighted by atomic mass is 10.1. The van der Waals surface area contributed by atoms with Gasteiger partial charge in [-0.1, -0.05) is 78.9 Å². The number of ether oxygens (including phenoxy) is 1. The van der Waals surface area contributed by atoms with Gasteiger partial charge in [0.25, 0.3) is 5.91 Å². The van der Waals surface area contributed by atoms with Crippen LogP contribution in [-0.2, 0) is 16.0 Å². The Hall–Kier alpha value is -3.73. The van der Waals surface area contributed by atoms with Crippen molar-refractivity contribution >= 4 is 17.7 Å².